The first-order chi connectivity index (χ1) is 6.18. The van der Waals surface area contributed by atoms with Gasteiger partial charge in [0.1, 0.15) is 0 Å². The summed E-state index contributed by atoms with van der Waals surface area (Å²) in [5.41, 5.74) is -0.00300. The summed E-state index contributed by atoms with van der Waals surface area (Å²) in [7, 11) is 0. The van der Waals surface area contributed by atoms with Gasteiger partial charge in [-0.3, -0.25) is 0 Å². The van der Waals surface area contributed by atoms with Crippen LogP contribution in [0.2, 0.25) is 0 Å². The molecule has 0 atom stereocenters. The smallest absolute Gasteiger partial charge is 0.0703 e. The molecule has 0 aromatic carbocycles. The Morgan fingerprint density at radius 3 is 2.54 bits per heavy atom. The van der Waals surface area contributed by atoms with Crippen LogP contribution in [-0.2, 0) is 0 Å². The molecular weight excluding hydrogens is 160 g/mol. The van der Waals surface area contributed by atoms with Crippen molar-refractivity contribution in [1.29, 1.82) is 5.26 Å². The van der Waals surface area contributed by atoms with Crippen molar-refractivity contribution >= 4 is 0 Å². The highest BCUT2D eigenvalue weighted by atomic mass is 14.9. The van der Waals surface area contributed by atoms with Crippen LogP contribution in [0, 0.1) is 22.7 Å². The molecular formula is C11H20N2. The van der Waals surface area contributed by atoms with Gasteiger partial charge in [0.2, 0.25) is 0 Å². The minimum absolute atomic E-state index is 0.00300. The molecule has 0 spiro atoms. The maximum atomic E-state index is 8.96. The lowest BCUT2D eigenvalue weighted by Crippen LogP contribution is -2.39. The zero-order valence-electron chi connectivity index (χ0n) is 8.77. The SMILES string of the molecule is CC(C)CCNCC1(C#N)CCC1. The molecule has 0 aliphatic heterocycles. The molecule has 1 aliphatic carbocycles. The summed E-state index contributed by atoms with van der Waals surface area (Å²) < 4.78 is 0. The van der Waals surface area contributed by atoms with E-state index in [1.54, 1.807) is 0 Å². The van der Waals surface area contributed by atoms with Crippen molar-refractivity contribution in [3.8, 4) is 6.07 Å². The van der Waals surface area contributed by atoms with Crippen LogP contribution in [0.1, 0.15) is 39.5 Å². The predicted molar refractivity (Wildman–Crippen MR) is 54.2 cm³/mol. The third kappa shape index (κ3) is 3.00. The molecule has 0 amide bonds. The largest absolute Gasteiger partial charge is 0.315 e. The number of nitrogens with zero attached hydrogens (tertiary/aromatic N) is 1. The normalized spacial score (nSPS) is 19.5. The van der Waals surface area contributed by atoms with E-state index < -0.39 is 0 Å². The zero-order chi connectivity index (χ0) is 9.73. The lowest BCUT2D eigenvalue weighted by molar-refractivity contribution is 0.206. The van der Waals surface area contributed by atoms with Gasteiger partial charge in [-0.25, -0.2) is 0 Å². The van der Waals surface area contributed by atoms with E-state index in [9.17, 15) is 0 Å². The van der Waals surface area contributed by atoms with Gasteiger partial charge in [-0.1, -0.05) is 20.3 Å². The van der Waals surface area contributed by atoms with E-state index in [1.807, 2.05) is 0 Å². The Bertz CT molecular complexity index is 187. The van der Waals surface area contributed by atoms with Gasteiger partial charge in [0.15, 0.2) is 0 Å². The van der Waals surface area contributed by atoms with Crippen LogP contribution in [0.25, 0.3) is 0 Å². The van der Waals surface area contributed by atoms with Crippen LogP contribution in [-0.4, -0.2) is 13.1 Å². The first-order valence-electron chi connectivity index (χ1n) is 5.30. The zero-order valence-corrected chi connectivity index (χ0v) is 8.77. The van der Waals surface area contributed by atoms with E-state index in [4.69, 9.17) is 5.26 Å². The summed E-state index contributed by atoms with van der Waals surface area (Å²) in [6.45, 7) is 6.41. The minimum atomic E-state index is -0.00300. The van der Waals surface area contributed by atoms with E-state index >= 15 is 0 Å². The number of hydrogen-bond acceptors (Lipinski definition) is 2. The highest BCUT2D eigenvalue weighted by molar-refractivity contribution is 5.05. The molecule has 0 aromatic rings. The van der Waals surface area contributed by atoms with Gasteiger partial charge < -0.3 is 5.32 Å². The average molecular weight is 180 g/mol. The second-order valence-electron chi connectivity index (χ2n) is 4.60. The maximum absolute atomic E-state index is 8.96. The van der Waals surface area contributed by atoms with Gasteiger partial charge >= 0.3 is 0 Å². The van der Waals surface area contributed by atoms with Crippen molar-refractivity contribution in [1.82, 2.24) is 5.32 Å². The van der Waals surface area contributed by atoms with Gasteiger partial charge in [0, 0.05) is 6.54 Å². The molecule has 1 saturated carbocycles. The molecule has 0 unspecified atom stereocenters. The molecule has 2 heteroatoms. The van der Waals surface area contributed by atoms with Crippen molar-refractivity contribution in [2.45, 2.75) is 39.5 Å². The van der Waals surface area contributed by atoms with Crippen molar-refractivity contribution < 1.29 is 0 Å². The Balaban J connectivity index is 2.08. The topological polar surface area (TPSA) is 35.8 Å². The Labute approximate surface area is 81.3 Å². The molecule has 1 N–H and O–H groups in total. The fourth-order valence-corrected chi connectivity index (χ4v) is 1.65. The summed E-state index contributed by atoms with van der Waals surface area (Å²) in [4.78, 5) is 0. The minimum Gasteiger partial charge on any atom is -0.315 e. The van der Waals surface area contributed by atoms with Crippen LogP contribution in [0.5, 0.6) is 0 Å². The molecule has 1 aliphatic rings. The lowest BCUT2D eigenvalue weighted by atomic mass is 9.70. The van der Waals surface area contributed by atoms with Gasteiger partial charge in [-0.2, -0.15) is 5.26 Å². The fraction of sp³-hybridized carbons (Fsp3) is 0.909. The number of nitriles is 1. The van der Waals surface area contributed by atoms with Crippen LogP contribution in [0.15, 0.2) is 0 Å². The van der Waals surface area contributed by atoms with Gasteiger partial charge in [0.05, 0.1) is 11.5 Å². The maximum Gasteiger partial charge on any atom is 0.0703 e. The molecule has 0 radical (unpaired) electrons. The van der Waals surface area contributed by atoms with E-state index in [0.29, 0.717) is 0 Å². The second kappa shape index (κ2) is 4.62. The van der Waals surface area contributed by atoms with E-state index in [1.165, 1.54) is 12.8 Å². The summed E-state index contributed by atoms with van der Waals surface area (Å²) >= 11 is 0. The number of nitrogens with one attached hydrogen (secondary N) is 1. The fourth-order valence-electron chi connectivity index (χ4n) is 1.65. The molecule has 2 nitrogen and oxygen atoms in total. The molecule has 1 fully saturated rings. The highest BCUT2D eigenvalue weighted by Crippen LogP contribution is 2.39. The molecule has 1 rings (SSSR count). The molecule has 74 valence electrons. The quantitative estimate of drug-likeness (QED) is 0.659. The highest BCUT2D eigenvalue weighted by Gasteiger charge is 2.36. The summed E-state index contributed by atoms with van der Waals surface area (Å²) in [5.74, 6) is 0.756. The predicted octanol–water partition coefficient (Wildman–Crippen LogP) is 2.32. The van der Waals surface area contributed by atoms with Gasteiger partial charge in [-0.15, -0.1) is 0 Å². The summed E-state index contributed by atoms with van der Waals surface area (Å²) in [6.07, 6.45) is 4.64. The summed E-state index contributed by atoms with van der Waals surface area (Å²) in [6, 6.07) is 2.44. The monoisotopic (exact) mass is 180 g/mol. The van der Waals surface area contributed by atoms with Crippen molar-refractivity contribution in [3.05, 3.63) is 0 Å². The van der Waals surface area contributed by atoms with Gasteiger partial charge in [0.25, 0.3) is 0 Å². The van der Waals surface area contributed by atoms with Gasteiger partial charge in [-0.05, 0) is 31.7 Å². The molecule has 0 bridgehead atoms. The standard InChI is InChI=1S/C11H20N2/c1-10(2)4-7-13-9-11(8-12)5-3-6-11/h10,13H,3-7,9H2,1-2H3. The lowest BCUT2D eigenvalue weighted by Gasteiger charge is -2.35. The molecule has 13 heavy (non-hydrogen) atoms. The van der Waals surface area contributed by atoms with Crippen LogP contribution >= 0.6 is 0 Å². The Hall–Kier alpha value is -0.550. The van der Waals surface area contributed by atoms with E-state index in [2.05, 4.69) is 25.2 Å². The first-order valence-corrected chi connectivity index (χ1v) is 5.30. The summed E-state index contributed by atoms with van der Waals surface area (Å²) in [5, 5.41) is 12.3. The average Bonchev–Trinajstić information content (AvgIpc) is 2.01. The molecule has 0 heterocycles. The van der Waals surface area contributed by atoms with Crippen LogP contribution in [0.4, 0.5) is 0 Å². The third-order valence-electron chi connectivity index (χ3n) is 2.91. The van der Waals surface area contributed by atoms with Crippen LogP contribution < -0.4 is 5.32 Å². The molecule has 0 saturated heterocycles. The van der Waals surface area contributed by atoms with E-state index in [-0.39, 0.29) is 5.41 Å². The van der Waals surface area contributed by atoms with Crippen LogP contribution in [0.3, 0.4) is 0 Å². The molecule has 0 aromatic heterocycles. The number of hydrogen-bond donors (Lipinski definition) is 1. The number of rotatable bonds is 5. The van der Waals surface area contributed by atoms with E-state index in [0.717, 1.165) is 31.8 Å². The Morgan fingerprint density at radius 2 is 2.15 bits per heavy atom. The first kappa shape index (κ1) is 10.5. The van der Waals surface area contributed by atoms with Crippen molar-refractivity contribution in [2.24, 2.45) is 11.3 Å². The second-order valence-corrected chi connectivity index (χ2v) is 4.60. The Morgan fingerprint density at radius 1 is 1.46 bits per heavy atom. The van der Waals surface area contributed by atoms with Crippen molar-refractivity contribution in [2.75, 3.05) is 13.1 Å². The van der Waals surface area contributed by atoms with Crippen molar-refractivity contribution in [3.63, 3.8) is 0 Å². The Kier molecular flexibility index (Phi) is 3.74. The third-order valence-corrected chi connectivity index (χ3v) is 2.91.